The molecule has 0 aliphatic heterocycles. The fraction of sp³-hybridized carbons (Fsp3) is 0.478. The van der Waals surface area contributed by atoms with Crippen LogP contribution in [-0.4, -0.2) is 57.8 Å². The molecule has 178 valence electrons. The Kier molecular flexibility index (Phi) is 7.46. The van der Waals surface area contributed by atoms with Crippen LogP contribution in [0, 0.1) is 0 Å². The number of ether oxygens (including phenoxy) is 2. The van der Waals surface area contributed by atoms with E-state index in [1.165, 1.54) is 12.0 Å². The molecular formula is C23H30BrN5O4. The molecule has 0 bridgehead atoms. The second kappa shape index (κ2) is 9.94. The Labute approximate surface area is 201 Å². The molecule has 0 radical (unpaired) electrons. The first-order valence-electron chi connectivity index (χ1n) is 10.7. The molecule has 0 spiro atoms. The van der Waals surface area contributed by atoms with E-state index in [1.807, 2.05) is 39.0 Å². The lowest BCUT2D eigenvalue weighted by Gasteiger charge is -2.24. The number of nitrogens with two attached hydrogens (primary N) is 1. The molecule has 33 heavy (non-hydrogen) atoms. The SMILES string of the molecule is COC(=O)CCCn1c(CCN(C)C(=O)OC(C)(C)C)nc2c(N)nc3cc(Br)ccc3c21. The van der Waals surface area contributed by atoms with Crippen molar-refractivity contribution < 1.29 is 19.1 Å². The first-order chi connectivity index (χ1) is 15.5. The van der Waals surface area contributed by atoms with E-state index in [-0.39, 0.29) is 12.4 Å². The lowest BCUT2D eigenvalue weighted by Crippen LogP contribution is -2.35. The third-order valence-corrected chi connectivity index (χ3v) is 5.60. The Morgan fingerprint density at radius 1 is 1.24 bits per heavy atom. The van der Waals surface area contributed by atoms with E-state index >= 15 is 0 Å². The van der Waals surface area contributed by atoms with Gasteiger partial charge in [-0.25, -0.2) is 14.8 Å². The maximum Gasteiger partial charge on any atom is 0.410 e. The average Bonchev–Trinajstić information content (AvgIpc) is 3.09. The number of nitrogens with zero attached hydrogens (tertiary/aromatic N) is 4. The molecule has 9 nitrogen and oxygen atoms in total. The minimum Gasteiger partial charge on any atom is -0.469 e. The number of methoxy groups -OCH3 is 1. The van der Waals surface area contributed by atoms with Crippen LogP contribution in [0.3, 0.4) is 0 Å². The largest absolute Gasteiger partial charge is 0.469 e. The highest BCUT2D eigenvalue weighted by molar-refractivity contribution is 9.10. The molecule has 0 aliphatic carbocycles. The molecule has 3 aromatic rings. The van der Waals surface area contributed by atoms with Gasteiger partial charge in [0.1, 0.15) is 16.9 Å². The number of aromatic nitrogens is 3. The van der Waals surface area contributed by atoms with Crippen LogP contribution in [0.5, 0.6) is 0 Å². The van der Waals surface area contributed by atoms with E-state index in [2.05, 4.69) is 25.5 Å². The lowest BCUT2D eigenvalue weighted by atomic mass is 10.2. The van der Waals surface area contributed by atoms with Crippen LogP contribution in [0.4, 0.5) is 10.6 Å². The van der Waals surface area contributed by atoms with Gasteiger partial charge in [-0.1, -0.05) is 15.9 Å². The first kappa shape index (κ1) is 24.8. The highest BCUT2D eigenvalue weighted by atomic mass is 79.9. The zero-order valence-corrected chi connectivity index (χ0v) is 21.2. The Hall–Kier alpha value is -2.88. The Bertz CT molecular complexity index is 1190. The zero-order valence-electron chi connectivity index (χ0n) is 19.6. The summed E-state index contributed by atoms with van der Waals surface area (Å²) in [6.07, 6.45) is 0.956. The number of hydrogen-bond donors (Lipinski definition) is 1. The van der Waals surface area contributed by atoms with E-state index in [0.717, 1.165) is 26.7 Å². The molecule has 0 fully saturated rings. The predicted molar refractivity (Wildman–Crippen MR) is 131 cm³/mol. The third kappa shape index (κ3) is 5.93. The minimum absolute atomic E-state index is 0.263. The van der Waals surface area contributed by atoms with Crippen molar-refractivity contribution in [1.29, 1.82) is 0 Å². The van der Waals surface area contributed by atoms with Gasteiger partial charge in [0.2, 0.25) is 0 Å². The van der Waals surface area contributed by atoms with Crippen LogP contribution in [0.1, 0.15) is 39.4 Å². The molecule has 10 heteroatoms. The number of amides is 1. The summed E-state index contributed by atoms with van der Waals surface area (Å²) in [5.74, 6) is 0.832. The number of pyridine rings is 1. The number of hydrogen-bond acceptors (Lipinski definition) is 7. The summed E-state index contributed by atoms with van der Waals surface area (Å²) in [6.45, 7) is 6.45. The van der Waals surface area contributed by atoms with Gasteiger partial charge in [0.05, 0.1) is 18.1 Å². The summed E-state index contributed by atoms with van der Waals surface area (Å²) >= 11 is 3.48. The minimum atomic E-state index is -0.570. The van der Waals surface area contributed by atoms with Gasteiger partial charge < -0.3 is 24.7 Å². The summed E-state index contributed by atoms with van der Waals surface area (Å²) in [4.78, 5) is 34.8. The van der Waals surface area contributed by atoms with Gasteiger partial charge in [-0.05, 0) is 45.4 Å². The van der Waals surface area contributed by atoms with Crippen molar-refractivity contribution in [3.63, 3.8) is 0 Å². The first-order valence-corrected chi connectivity index (χ1v) is 11.5. The van der Waals surface area contributed by atoms with Crippen LogP contribution in [0.15, 0.2) is 22.7 Å². The van der Waals surface area contributed by atoms with Crippen LogP contribution in [-0.2, 0) is 27.2 Å². The number of carbonyl (C=O) groups is 2. The van der Waals surface area contributed by atoms with Gasteiger partial charge in [-0.2, -0.15) is 0 Å². The van der Waals surface area contributed by atoms with Gasteiger partial charge in [0.25, 0.3) is 0 Å². The number of likely N-dealkylation sites (N-methyl/N-ethyl adjacent to an activating group) is 1. The number of esters is 1. The third-order valence-electron chi connectivity index (χ3n) is 5.11. The van der Waals surface area contributed by atoms with Crippen molar-refractivity contribution in [2.45, 2.75) is 52.2 Å². The van der Waals surface area contributed by atoms with Crippen molar-refractivity contribution in [2.24, 2.45) is 0 Å². The number of aryl methyl sites for hydroxylation is 1. The molecule has 3 rings (SSSR count). The van der Waals surface area contributed by atoms with Gasteiger partial charge >= 0.3 is 12.1 Å². The van der Waals surface area contributed by atoms with E-state index in [4.69, 9.17) is 20.2 Å². The summed E-state index contributed by atoms with van der Waals surface area (Å²) in [7, 11) is 3.08. The highest BCUT2D eigenvalue weighted by Crippen LogP contribution is 2.31. The van der Waals surface area contributed by atoms with Crippen LogP contribution < -0.4 is 5.73 Å². The van der Waals surface area contributed by atoms with E-state index in [1.54, 1.807) is 7.05 Å². The number of nitrogen functional groups attached to an aromatic ring is 1. The molecular weight excluding hydrogens is 490 g/mol. The molecule has 0 saturated heterocycles. The second-order valence-corrected chi connectivity index (χ2v) is 9.78. The quantitative estimate of drug-likeness (QED) is 0.463. The normalized spacial score (nSPS) is 11.7. The average molecular weight is 520 g/mol. The highest BCUT2D eigenvalue weighted by Gasteiger charge is 2.22. The van der Waals surface area contributed by atoms with Crippen molar-refractivity contribution in [2.75, 3.05) is 26.4 Å². The smallest absolute Gasteiger partial charge is 0.410 e. The summed E-state index contributed by atoms with van der Waals surface area (Å²) in [6, 6.07) is 5.83. The fourth-order valence-electron chi connectivity index (χ4n) is 3.55. The maximum absolute atomic E-state index is 12.4. The van der Waals surface area contributed by atoms with Crippen molar-refractivity contribution >= 4 is 55.7 Å². The molecule has 2 N–H and O–H groups in total. The molecule has 0 atom stereocenters. The molecule has 1 amide bonds. The van der Waals surface area contributed by atoms with Gasteiger partial charge in [-0.15, -0.1) is 0 Å². The fourth-order valence-corrected chi connectivity index (χ4v) is 3.89. The topological polar surface area (TPSA) is 113 Å². The van der Waals surface area contributed by atoms with E-state index < -0.39 is 11.7 Å². The Morgan fingerprint density at radius 3 is 2.64 bits per heavy atom. The number of benzene rings is 1. The number of anilines is 1. The number of imidazole rings is 1. The summed E-state index contributed by atoms with van der Waals surface area (Å²) < 4.78 is 13.2. The van der Waals surface area contributed by atoms with E-state index in [9.17, 15) is 9.59 Å². The van der Waals surface area contributed by atoms with Crippen LogP contribution in [0.2, 0.25) is 0 Å². The Balaban J connectivity index is 1.97. The van der Waals surface area contributed by atoms with Crippen LogP contribution in [0.25, 0.3) is 21.9 Å². The monoisotopic (exact) mass is 519 g/mol. The van der Waals surface area contributed by atoms with Crippen molar-refractivity contribution in [1.82, 2.24) is 19.4 Å². The molecule has 2 heterocycles. The maximum atomic E-state index is 12.4. The lowest BCUT2D eigenvalue weighted by molar-refractivity contribution is -0.140. The Morgan fingerprint density at radius 2 is 1.97 bits per heavy atom. The molecule has 0 aliphatic rings. The zero-order chi connectivity index (χ0) is 24.3. The number of rotatable bonds is 7. The number of fused-ring (bicyclic) bond motifs is 3. The molecule has 0 saturated carbocycles. The molecule has 2 aromatic heterocycles. The summed E-state index contributed by atoms with van der Waals surface area (Å²) in [5.41, 5.74) is 7.92. The molecule has 0 unspecified atom stereocenters. The van der Waals surface area contributed by atoms with Gasteiger partial charge in [0, 0.05) is 42.8 Å². The van der Waals surface area contributed by atoms with E-state index in [0.29, 0.717) is 37.3 Å². The van der Waals surface area contributed by atoms with Crippen molar-refractivity contribution in [3.05, 3.63) is 28.5 Å². The number of halogens is 1. The molecule has 1 aromatic carbocycles. The number of carbonyl (C=O) groups excluding carboxylic acids is 2. The van der Waals surface area contributed by atoms with Crippen molar-refractivity contribution in [3.8, 4) is 0 Å². The second-order valence-electron chi connectivity index (χ2n) is 8.87. The van der Waals surface area contributed by atoms with Crippen LogP contribution >= 0.6 is 15.9 Å². The van der Waals surface area contributed by atoms with Gasteiger partial charge in [-0.3, -0.25) is 4.79 Å². The summed E-state index contributed by atoms with van der Waals surface area (Å²) in [5, 5.41) is 0.916. The predicted octanol–water partition coefficient (Wildman–Crippen LogP) is 4.29. The van der Waals surface area contributed by atoms with Gasteiger partial charge in [0.15, 0.2) is 5.82 Å². The standard InChI is InChI=1S/C23H30BrN5O4/c1-23(2,3)33-22(31)28(4)12-10-17-27-19-20(29(17)11-6-7-18(30)32-5)15-9-8-14(24)13-16(15)26-21(19)25/h8-9,13H,6-7,10-12H2,1-5H3,(H2,25,26).